The monoisotopic (exact) mass is 397 g/mol. The number of benzene rings is 2. The molecule has 0 radical (unpaired) electrons. The Balaban J connectivity index is 1.85. The molecule has 0 aliphatic carbocycles. The fraction of sp³-hybridized carbons (Fsp3) is 0.100. The number of hydrogen-bond donors (Lipinski definition) is 4. The number of primary amides is 1. The van der Waals surface area contributed by atoms with Crippen molar-refractivity contribution in [3.8, 4) is 21.9 Å². The molecule has 1 aromatic heterocycles. The summed E-state index contributed by atoms with van der Waals surface area (Å²) in [6.45, 7) is 0.267. The van der Waals surface area contributed by atoms with E-state index < -0.39 is 6.03 Å². The van der Waals surface area contributed by atoms with Crippen molar-refractivity contribution in [1.82, 2.24) is 5.32 Å². The average molecular weight is 397 g/mol. The number of rotatable bonds is 6. The van der Waals surface area contributed by atoms with Crippen LogP contribution in [0.4, 0.5) is 9.80 Å². The summed E-state index contributed by atoms with van der Waals surface area (Å²) in [5.74, 6) is 0.467. The van der Waals surface area contributed by atoms with Crippen LogP contribution in [0, 0.1) is 0 Å². The lowest BCUT2D eigenvalue weighted by Gasteiger charge is -2.10. The molecule has 3 rings (SSSR count). The first-order chi connectivity index (χ1) is 13.5. The number of carbonyl (C=O) groups excluding carboxylic acids is 2. The van der Waals surface area contributed by atoms with E-state index >= 15 is 0 Å². The summed E-state index contributed by atoms with van der Waals surface area (Å²) in [5, 5.41) is 15.1. The van der Waals surface area contributed by atoms with Gasteiger partial charge in [0, 0.05) is 17.0 Å². The molecule has 1 heterocycles. The number of carbonyl (C=O) groups is 2. The number of amides is 3. The van der Waals surface area contributed by atoms with E-state index in [2.05, 4.69) is 10.6 Å². The van der Waals surface area contributed by atoms with Gasteiger partial charge in [-0.1, -0.05) is 18.2 Å². The normalized spacial score (nSPS) is 10.3. The van der Waals surface area contributed by atoms with Gasteiger partial charge in [-0.15, -0.1) is 11.3 Å². The minimum Gasteiger partial charge on any atom is -0.508 e. The Morgan fingerprint density at radius 3 is 2.54 bits per heavy atom. The molecule has 28 heavy (non-hydrogen) atoms. The van der Waals surface area contributed by atoms with Gasteiger partial charge in [-0.3, -0.25) is 10.1 Å². The van der Waals surface area contributed by atoms with E-state index in [0.717, 1.165) is 16.0 Å². The lowest BCUT2D eigenvalue weighted by atomic mass is 10.1. The van der Waals surface area contributed by atoms with E-state index in [9.17, 15) is 14.7 Å². The van der Waals surface area contributed by atoms with Gasteiger partial charge in [-0.2, -0.15) is 0 Å². The second kappa shape index (κ2) is 8.45. The third-order valence-electron chi connectivity index (χ3n) is 4.00. The quantitative estimate of drug-likeness (QED) is 0.509. The van der Waals surface area contributed by atoms with E-state index in [1.54, 1.807) is 37.4 Å². The number of para-hydroxylation sites is 1. The fourth-order valence-corrected chi connectivity index (χ4v) is 3.72. The number of aromatic hydroxyl groups is 1. The predicted molar refractivity (Wildman–Crippen MR) is 109 cm³/mol. The molecule has 0 saturated carbocycles. The molecule has 0 aliphatic rings. The van der Waals surface area contributed by atoms with Crippen molar-refractivity contribution < 1.29 is 19.4 Å². The molecule has 0 aliphatic heterocycles. The smallest absolute Gasteiger partial charge is 0.317 e. The Bertz CT molecular complexity index is 999. The second-order valence-electron chi connectivity index (χ2n) is 5.88. The zero-order valence-electron chi connectivity index (χ0n) is 15.1. The number of phenols is 1. The van der Waals surface area contributed by atoms with Crippen LogP contribution in [-0.4, -0.2) is 24.2 Å². The van der Waals surface area contributed by atoms with Crippen LogP contribution in [-0.2, 0) is 6.54 Å². The van der Waals surface area contributed by atoms with E-state index in [-0.39, 0.29) is 18.2 Å². The molecule has 0 bridgehead atoms. The number of ether oxygens (including phenoxy) is 1. The summed E-state index contributed by atoms with van der Waals surface area (Å²) >= 11 is 1.23. The summed E-state index contributed by atoms with van der Waals surface area (Å²) in [6, 6.07) is 14.9. The number of anilines is 1. The zero-order chi connectivity index (χ0) is 20.1. The lowest BCUT2D eigenvalue weighted by molar-refractivity contribution is 0.0952. The van der Waals surface area contributed by atoms with Gasteiger partial charge in [0.2, 0.25) is 0 Å². The van der Waals surface area contributed by atoms with Crippen molar-refractivity contribution in [2.24, 2.45) is 5.73 Å². The average Bonchev–Trinajstić information content (AvgIpc) is 3.10. The highest BCUT2D eigenvalue weighted by Gasteiger charge is 2.18. The summed E-state index contributed by atoms with van der Waals surface area (Å²) in [7, 11) is 1.57. The Morgan fingerprint density at radius 1 is 1.14 bits per heavy atom. The minimum absolute atomic E-state index is 0.144. The molecule has 0 unspecified atom stereocenters. The van der Waals surface area contributed by atoms with Crippen molar-refractivity contribution in [3.05, 3.63) is 65.7 Å². The van der Waals surface area contributed by atoms with Crippen LogP contribution >= 0.6 is 11.3 Å². The molecule has 5 N–H and O–H groups in total. The molecule has 0 atom stereocenters. The molecule has 0 fully saturated rings. The summed E-state index contributed by atoms with van der Waals surface area (Å²) < 4.78 is 5.29. The number of nitrogens with two attached hydrogens (primary N) is 1. The number of methoxy groups -OCH3 is 1. The van der Waals surface area contributed by atoms with Gasteiger partial charge >= 0.3 is 6.03 Å². The predicted octanol–water partition coefficient (Wildman–Crippen LogP) is 3.55. The first-order valence-corrected chi connectivity index (χ1v) is 9.19. The third-order valence-corrected chi connectivity index (χ3v) is 5.10. The standard InChI is InChI=1S/C20H19N3O4S/c1-27-16-5-3-2-4-13(16)11-22-18(25)15-10-17(28-19(15)23-20(21)26)12-6-8-14(24)9-7-12/h2-10,24H,11H2,1H3,(H,22,25)(H3,21,23,26). The van der Waals surface area contributed by atoms with Gasteiger partial charge in [0.25, 0.3) is 5.91 Å². The van der Waals surface area contributed by atoms with Crippen LogP contribution in [0.15, 0.2) is 54.6 Å². The van der Waals surface area contributed by atoms with Crippen LogP contribution in [0.2, 0.25) is 0 Å². The van der Waals surface area contributed by atoms with Crippen LogP contribution in [0.25, 0.3) is 10.4 Å². The minimum atomic E-state index is -0.752. The van der Waals surface area contributed by atoms with E-state index in [4.69, 9.17) is 10.5 Å². The van der Waals surface area contributed by atoms with Crippen molar-refractivity contribution in [2.75, 3.05) is 12.4 Å². The first kappa shape index (κ1) is 19.2. The Kier molecular flexibility index (Phi) is 5.81. The number of nitrogens with one attached hydrogen (secondary N) is 2. The highest BCUT2D eigenvalue weighted by Crippen LogP contribution is 2.36. The summed E-state index contributed by atoms with van der Waals surface area (Å²) in [6.07, 6.45) is 0. The summed E-state index contributed by atoms with van der Waals surface area (Å²) in [5.41, 5.74) is 7.18. The van der Waals surface area contributed by atoms with Gasteiger partial charge in [0.1, 0.15) is 16.5 Å². The Morgan fingerprint density at radius 2 is 1.86 bits per heavy atom. The fourth-order valence-electron chi connectivity index (χ4n) is 2.65. The van der Waals surface area contributed by atoms with Gasteiger partial charge < -0.3 is 20.9 Å². The zero-order valence-corrected chi connectivity index (χ0v) is 15.9. The number of hydrogen-bond acceptors (Lipinski definition) is 5. The molecule has 144 valence electrons. The Labute approximate surface area is 165 Å². The first-order valence-electron chi connectivity index (χ1n) is 8.37. The van der Waals surface area contributed by atoms with Crippen LogP contribution in [0.3, 0.4) is 0 Å². The molecule has 3 amide bonds. The molecule has 8 heteroatoms. The van der Waals surface area contributed by atoms with E-state index in [1.165, 1.54) is 11.3 Å². The van der Waals surface area contributed by atoms with Crippen LogP contribution in [0.5, 0.6) is 11.5 Å². The van der Waals surface area contributed by atoms with Crippen molar-refractivity contribution in [3.63, 3.8) is 0 Å². The maximum atomic E-state index is 12.7. The third kappa shape index (κ3) is 4.41. The highest BCUT2D eigenvalue weighted by atomic mass is 32.1. The van der Waals surface area contributed by atoms with Crippen molar-refractivity contribution in [2.45, 2.75) is 6.54 Å². The topological polar surface area (TPSA) is 114 Å². The largest absolute Gasteiger partial charge is 0.508 e. The van der Waals surface area contributed by atoms with Crippen LogP contribution in [0.1, 0.15) is 15.9 Å². The van der Waals surface area contributed by atoms with Gasteiger partial charge in [-0.05, 0) is 42.0 Å². The summed E-state index contributed by atoms with van der Waals surface area (Å²) in [4.78, 5) is 24.8. The molecular formula is C20H19N3O4S. The maximum absolute atomic E-state index is 12.7. The molecule has 7 nitrogen and oxygen atoms in total. The number of urea groups is 1. The Hall–Kier alpha value is -3.52. The van der Waals surface area contributed by atoms with Crippen molar-refractivity contribution >= 4 is 28.3 Å². The lowest BCUT2D eigenvalue weighted by Crippen LogP contribution is -2.25. The highest BCUT2D eigenvalue weighted by molar-refractivity contribution is 7.20. The second-order valence-corrected chi connectivity index (χ2v) is 6.94. The van der Waals surface area contributed by atoms with Gasteiger partial charge in [-0.25, -0.2) is 4.79 Å². The number of phenolic OH excluding ortho intramolecular Hbond substituents is 1. The molecule has 3 aromatic rings. The van der Waals surface area contributed by atoms with E-state index in [1.807, 2.05) is 24.3 Å². The molecular weight excluding hydrogens is 378 g/mol. The molecule has 2 aromatic carbocycles. The molecule has 0 saturated heterocycles. The van der Waals surface area contributed by atoms with Crippen LogP contribution < -0.4 is 21.1 Å². The maximum Gasteiger partial charge on any atom is 0.317 e. The van der Waals surface area contributed by atoms with Gasteiger partial charge in [0.15, 0.2) is 0 Å². The SMILES string of the molecule is COc1ccccc1CNC(=O)c1cc(-c2ccc(O)cc2)sc1NC(N)=O. The molecule has 0 spiro atoms. The van der Waals surface area contributed by atoms with E-state index in [0.29, 0.717) is 16.3 Å². The number of thiophene rings is 1. The van der Waals surface area contributed by atoms with Crippen molar-refractivity contribution in [1.29, 1.82) is 0 Å². The van der Waals surface area contributed by atoms with Gasteiger partial charge in [0.05, 0.1) is 12.7 Å².